The quantitative estimate of drug-likeness (QED) is 0.619. The van der Waals surface area contributed by atoms with Gasteiger partial charge in [0.1, 0.15) is 0 Å². The van der Waals surface area contributed by atoms with E-state index < -0.39 is 11.8 Å². The first kappa shape index (κ1) is 16.2. The number of carbonyl (C=O) groups is 2. The molecule has 1 aromatic carbocycles. The minimum atomic E-state index is -0.575. The van der Waals surface area contributed by atoms with Crippen molar-refractivity contribution in [3.63, 3.8) is 0 Å². The van der Waals surface area contributed by atoms with Crippen LogP contribution in [0.2, 0.25) is 0 Å². The average Bonchev–Trinajstić information content (AvgIpc) is 2.45. The van der Waals surface area contributed by atoms with Crippen molar-refractivity contribution >= 4 is 11.8 Å². The maximum atomic E-state index is 11.6. The number of rotatable bonds is 6. The molecule has 0 fully saturated rings. The van der Waals surface area contributed by atoms with Gasteiger partial charge in [0.2, 0.25) is 0 Å². The maximum absolute atomic E-state index is 11.6. The Hall–Kier alpha value is -1.84. The monoisotopic (exact) mass is 276 g/mol. The van der Waals surface area contributed by atoms with Gasteiger partial charge in [-0.05, 0) is 23.5 Å². The Morgan fingerprint density at radius 3 is 2.20 bits per heavy atom. The molecule has 2 N–H and O–H groups in total. The predicted octanol–water partition coefficient (Wildman–Crippen LogP) is 2.34. The molecule has 0 aliphatic rings. The number of unbranched alkanes of at least 4 members (excludes halogenated alkanes) is 1. The third kappa shape index (κ3) is 5.43. The molecule has 1 aromatic rings. The van der Waals surface area contributed by atoms with Crippen LogP contribution in [0.5, 0.6) is 0 Å². The van der Waals surface area contributed by atoms with E-state index in [-0.39, 0.29) is 0 Å². The number of carbonyl (C=O) groups excluding carboxylic acids is 2. The first-order valence-corrected chi connectivity index (χ1v) is 7.19. The smallest absolute Gasteiger partial charge is 0.309 e. The third-order valence-corrected chi connectivity index (χ3v) is 3.12. The van der Waals surface area contributed by atoms with Gasteiger partial charge in [-0.15, -0.1) is 0 Å². The molecule has 0 spiro atoms. The molecule has 0 atom stereocenters. The highest BCUT2D eigenvalue weighted by Crippen LogP contribution is 2.14. The maximum Gasteiger partial charge on any atom is 0.309 e. The van der Waals surface area contributed by atoms with Crippen molar-refractivity contribution in [1.82, 2.24) is 10.6 Å². The van der Waals surface area contributed by atoms with E-state index in [9.17, 15) is 9.59 Å². The summed E-state index contributed by atoms with van der Waals surface area (Å²) < 4.78 is 0. The van der Waals surface area contributed by atoms with Crippen LogP contribution in [0.4, 0.5) is 0 Å². The van der Waals surface area contributed by atoms with E-state index in [2.05, 4.69) is 24.5 Å². The fraction of sp³-hybridized carbons (Fsp3) is 0.500. The fourth-order valence-electron chi connectivity index (χ4n) is 1.74. The number of nitrogens with one attached hydrogen (secondary N) is 2. The summed E-state index contributed by atoms with van der Waals surface area (Å²) in [5.41, 5.74) is 2.25. The molecule has 0 heterocycles. The van der Waals surface area contributed by atoms with Crippen molar-refractivity contribution in [2.75, 3.05) is 6.54 Å². The molecule has 20 heavy (non-hydrogen) atoms. The third-order valence-electron chi connectivity index (χ3n) is 3.12. The summed E-state index contributed by atoms with van der Waals surface area (Å²) in [6, 6.07) is 8.05. The average molecular weight is 276 g/mol. The van der Waals surface area contributed by atoms with Crippen LogP contribution in [0.1, 0.15) is 50.7 Å². The predicted molar refractivity (Wildman–Crippen MR) is 80.3 cm³/mol. The second kappa shape index (κ2) is 8.35. The van der Waals surface area contributed by atoms with Gasteiger partial charge < -0.3 is 10.6 Å². The van der Waals surface area contributed by atoms with Crippen molar-refractivity contribution in [2.45, 2.75) is 46.1 Å². The molecule has 0 aliphatic heterocycles. The molecule has 4 heteroatoms. The van der Waals surface area contributed by atoms with Gasteiger partial charge in [-0.3, -0.25) is 9.59 Å². The minimum Gasteiger partial charge on any atom is -0.348 e. The van der Waals surface area contributed by atoms with E-state index in [1.165, 1.54) is 5.56 Å². The molecule has 0 saturated carbocycles. The van der Waals surface area contributed by atoms with E-state index >= 15 is 0 Å². The highest BCUT2D eigenvalue weighted by Gasteiger charge is 2.11. The van der Waals surface area contributed by atoms with Crippen LogP contribution in [0.15, 0.2) is 24.3 Å². The standard InChI is InChI=1S/C16H24N2O2/c1-4-5-10-17-15(19)16(20)18-11-13-6-8-14(9-7-13)12(2)3/h6-9,12H,4-5,10-11H2,1-3H3,(H,17,19)(H,18,20). The molecule has 0 saturated heterocycles. The van der Waals surface area contributed by atoms with Crippen LogP contribution in [-0.2, 0) is 16.1 Å². The number of benzene rings is 1. The van der Waals surface area contributed by atoms with Crippen LogP contribution in [0.3, 0.4) is 0 Å². The minimum absolute atomic E-state index is 0.373. The molecule has 0 radical (unpaired) electrons. The summed E-state index contributed by atoms with van der Waals surface area (Å²) >= 11 is 0. The highest BCUT2D eigenvalue weighted by molar-refractivity contribution is 6.35. The Morgan fingerprint density at radius 2 is 1.65 bits per heavy atom. The van der Waals surface area contributed by atoms with Gasteiger partial charge in [0, 0.05) is 13.1 Å². The Labute approximate surface area is 121 Å². The first-order chi connectivity index (χ1) is 9.54. The lowest BCUT2D eigenvalue weighted by Crippen LogP contribution is -2.39. The second-order valence-corrected chi connectivity index (χ2v) is 5.19. The topological polar surface area (TPSA) is 58.2 Å². The Morgan fingerprint density at radius 1 is 1.05 bits per heavy atom. The van der Waals surface area contributed by atoms with Crippen LogP contribution in [0.25, 0.3) is 0 Å². The first-order valence-electron chi connectivity index (χ1n) is 7.19. The summed E-state index contributed by atoms with van der Waals surface area (Å²) in [7, 11) is 0. The Bertz CT molecular complexity index is 438. The molecular formula is C16H24N2O2. The molecule has 0 aliphatic carbocycles. The zero-order valence-corrected chi connectivity index (χ0v) is 12.5. The van der Waals surface area contributed by atoms with Crippen molar-refractivity contribution < 1.29 is 9.59 Å². The molecule has 0 aromatic heterocycles. The second-order valence-electron chi connectivity index (χ2n) is 5.19. The van der Waals surface area contributed by atoms with Gasteiger partial charge in [0.05, 0.1) is 0 Å². The molecular weight excluding hydrogens is 252 g/mol. The highest BCUT2D eigenvalue weighted by atomic mass is 16.2. The molecule has 0 bridgehead atoms. The van der Waals surface area contributed by atoms with Crippen LogP contribution in [-0.4, -0.2) is 18.4 Å². The van der Waals surface area contributed by atoms with Gasteiger partial charge >= 0.3 is 11.8 Å². The van der Waals surface area contributed by atoms with Gasteiger partial charge in [0.25, 0.3) is 0 Å². The normalized spacial score (nSPS) is 10.4. The van der Waals surface area contributed by atoms with Gasteiger partial charge in [-0.25, -0.2) is 0 Å². The Balaban J connectivity index is 2.38. The number of amides is 2. The lowest BCUT2D eigenvalue weighted by Gasteiger charge is -2.08. The van der Waals surface area contributed by atoms with Gasteiger partial charge in [0.15, 0.2) is 0 Å². The summed E-state index contributed by atoms with van der Waals surface area (Å²) in [6.45, 7) is 7.23. The van der Waals surface area contributed by atoms with Crippen LogP contribution >= 0.6 is 0 Å². The molecule has 0 unspecified atom stereocenters. The number of hydrogen-bond donors (Lipinski definition) is 2. The van der Waals surface area contributed by atoms with E-state index in [0.717, 1.165) is 18.4 Å². The largest absolute Gasteiger partial charge is 0.348 e. The zero-order valence-electron chi connectivity index (χ0n) is 12.5. The lowest BCUT2D eigenvalue weighted by atomic mass is 10.0. The summed E-state index contributed by atoms with van der Waals surface area (Å²) in [4.78, 5) is 23.0. The van der Waals surface area contributed by atoms with Crippen LogP contribution in [0, 0.1) is 0 Å². The SMILES string of the molecule is CCCCNC(=O)C(=O)NCc1ccc(C(C)C)cc1. The van der Waals surface area contributed by atoms with Crippen LogP contribution < -0.4 is 10.6 Å². The molecule has 1 rings (SSSR count). The van der Waals surface area contributed by atoms with Gasteiger partial charge in [-0.2, -0.15) is 0 Å². The van der Waals surface area contributed by atoms with Crippen molar-refractivity contribution in [3.8, 4) is 0 Å². The Kier molecular flexibility index (Phi) is 6.77. The van der Waals surface area contributed by atoms with Crippen molar-refractivity contribution in [3.05, 3.63) is 35.4 Å². The summed E-state index contributed by atoms with van der Waals surface area (Å²) in [6.07, 6.45) is 1.87. The van der Waals surface area contributed by atoms with Gasteiger partial charge in [-0.1, -0.05) is 51.5 Å². The molecule has 110 valence electrons. The lowest BCUT2D eigenvalue weighted by molar-refractivity contribution is -0.139. The number of hydrogen-bond acceptors (Lipinski definition) is 2. The van der Waals surface area contributed by atoms with E-state index in [1.54, 1.807) is 0 Å². The molecule has 2 amide bonds. The zero-order chi connectivity index (χ0) is 15.0. The van der Waals surface area contributed by atoms with E-state index in [4.69, 9.17) is 0 Å². The van der Waals surface area contributed by atoms with Crippen molar-refractivity contribution in [1.29, 1.82) is 0 Å². The van der Waals surface area contributed by atoms with Crippen molar-refractivity contribution in [2.24, 2.45) is 0 Å². The summed E-state index contributed by atoms with van der Waals surface area (Å²) in [5.74, 6) is -0.644. The van der Waals surface area contributed by atoms with E-state index in [1.807, 2.05) is 31.2 Å². The summed E-state index contributed by atoms with van der Waals surface area (Å²) in [5, 5.41) is 5.22. The van der Waals surface area contributed by atoms with E-state index in [0.29, 0.717) is 19.0 Å². The molecule has 4 nitrogen and oxygen atoms in total. The fourth-order valence-corrected chi connectivity index (χ4v) is 1.74.